The molecule has 0 spiro atoms. The fraction of sp³-hybridized carbons (Fsp3) is 0.750. The normalized spacial score (nSPS) is 15.2. The Morgan fingerprint density at radius 2 is 2.14 bits per heavy atom. The van der Waals surface area contributed by atoms with Crippen molar-refractivity contribution in [3.05, 3.63) is 17.5 Å². The number of aryl methyl sites for hydroxylation is 1. The number of rotatable bonds is 7. The second-order valence-electron chi connectivity index (χ2n) is 7.05. The van der Waals surface area contributed by atoms with E-state index in [9.17, 15) is 4.79 Å². The van der Waals surface area contributed by atoms with Crippen LogP contribution in [0.2, 0.25) is 0 Å². The Balaban J connectivity index is 1.69. The van der Waals surface area contributed by atoms with E-state index in [0.29, 0.717) is 12.5 Å². The number of nitrogens with zero attached hydrogens (tertiary/aromatic N) is 2. The highest BCUT2D eigenvalue weighted by molar-refractivity contribution is 5.76. The first-order valence-electron chi connectivity index (χ1n) is 7.89. The van der Waals surface area contributed by atoms with Gasteiger partial charge in [0.2, 0.25) is 5.91 Å². The van der Waals surface area contributed by atoms with E-state index in [0.717, 1.165) is 38.0 Å². The molecule has 118 valence electrons. The van der Waals surface area contributed by atoms with Crippen LogP contribution >= 0.6 is 0 Å². The molecule has 0 unspecified atom stereocenters. The van der Waals surface area contributed by atoms with E-state index in [-0.39, 0.29) is 11.3 Å². The van der Waals surface area contributed by atoms with Crippen molar-refractivity contribution >= 4 is 5.91 Å². The molecule has 0 aliphatic heterocycles. The number of hydrogen-bond donors (Lipinski definition) is 2. The number of carbonyl (C=O) groups excluding carboxylic acids is 1. The molecule has 1 heterocycles. The molecule has 21 heavy (non-hydrogen) atoms. The summed E-state index contributed by atoms with van der Waals surface area (Å²) < 4.78 is 1.88. The van der Waals surface area contributed by atoms with Crippen molar-refractivity contribution in [1.29, 1.82) is 0 Å². The van der Waals surface area contributed by atoms with Crippen molar-refractivity contribution in [2.75, 3.05) is 6.54 Å². The number of aromatic nitrogens is 2. The van der Waals surface area contributed by atoms with E-state index in [1.807, 2.05) is 11.7 Å². The molecular formula is C16H28N4O. The fourth-order valence-corrected chi connectivity index (χ4v) is 2.42. The maximum Gasteiger partial charge on any atom is 0.220 e. The first-order valence-corrected chi connectivity index (χ1v) is 7.89. The van der Waals surface area contributed by atoms with Crippen molar-refractivity contribution in [2.24, 2.45) is 7.05 Å². The molecule has 0 bridgehead atoms. The SMILES string of the molecule is Cn1cc(CNCCCC(=O)NC2CC2)c(C(C)(C)C)n1. The topological polar surface area (TPSA) is 59.0 Å². The highest BCUT2D eigenvalue weighted by atomic mass is 16.1. The monoisotopic (exact) mass is 292 g/mol. The van der Waals surface area contributed by atoms with Crippen LogP contribution in [0.3, 0.4) is 0 Å². The zero-order chi connectivity index (χ0) is 15.5. The predicted molar refractivity (Wildman–Crippen MR) is 84.0 cm³/mol. The number of nitrogens with one attached hydrogen (secondary N) is 2. The van der Waals surface area contributed by atoms with E-state index >= 15 is 0 Å². The highest BCUT2D eigenvalue weighted by Crippen LogP contribution is 2.24. The largest absolute Gasteiger partial charge is 0.353 e. The number of hydrogen-bond acceptors (Lipinski definition) is 3. The highest BCUT2D eigenvalue weighted by Gasteiger charge is 2.23. The van der Waals surface area contributed by atoms with E-state index < -0.39 is 0 Å². The Morgan fingerprint density at radius 1 is 1.43 bits per heavy atom. The van der Waals surface area contributed by atoms with Crippen molar-refractivity contribution in [3.63, 3.8) is 0 Å². The summed E-state index contributed by atoms with van der Waals surface area (Å²) in [5, 5.41) is 11.0. The quantitative estimate of drug-likeness (QED) is 0.754. The van der Waals surface area contributed by atoms with Gasteiger partial charge in [0.15, 0.2) is 0 Å². The molecule has 5 heteroatoms. The minimum atomic E-state index is 0.0580. The van der Waals surface area contributed by atoms with Gasteiger partial charge in [-0.2, -0.15) is 5.10 Å². The minimum absolute atomic E-state index is 0.0580. The van der Waals surface area contributed by atoms with Crippen LogP contribution in [0.5, 0.6) is 0 Å². The Labute approximate surface area is 127 Å². The van der Waals surface area contributed by atoms with Crippen molar-refractivity contribution in [1.82, 2.24) is 20.4 Å². The van der Waals surface area contributed by atoms with Crippen LogP contribution in [0.1, 0.15) is 57.7 Å². The van der Waals surface area contributed by atoms with Gasteiger partial charge < -0.3 is 10.6 Å². The number of amides is 1. The molecule has 0 radical (unpaired) electrons. The van der Waals surface area contributed by atoms with Gasteiger partial charge in [0.25, 0.3) is 0 Å². The Kier molecular flexibility index (Phi) is 5.04. The Morgan fingerprint density at radius 3 is 2.76 bits per heavy atom. The van der Waals surface area contributed by atoms with Crippen LogP contribution in [-0.4, -0.2) is 28.3 Å². The molecule has 2 N–H and O–H groups in total. The molecule has 1 aliphatic rings. The third kappa shape index (κ3) is 5.16. The molecule has 1 amide bonds. The summed E-state index contributed by atoms with van der Waals surface area (Å²) in [4.78, 5) is 11.6. The van der Waals surface area contributed by atoms with Gasteiger partial charge in [-0.05, 0) is 25.8 Å². The summed E-state index contributed by atoms with van der Waals surface area (Å²) in [6, 6.07) is 0.468. The van der Waals surface area contributed by atoms with Crippen LogP contribution in [-0.2, 0) is 23.8 Å². The summed E-state index contributed by atoms with van der Waals surface area (Å²) in [7, 11) is 1.96. The standard InChI is InChI=1S/C16H28N4O/c1-16(2,3)15-12(11-20(4)19-15)10-17-9-5-6-14(21)18-13-7-8-13/h11,13,17H,5-10H2,1-4H3,(H,18,21). The predicted octanol–water partition coefficient (Wildman–Crippen LogP) is 1.87. The first kappa shape index (κ1) is 16.0. The lowest BCUT2D eigenvalue weighted by Crippen LogP contribution is -2.26. The molecule has 0 saturated heterocycles. The van der Waals surface area contributed by atoms with Crippen LogP contribution < -0.4 is 10.6 Å². The molecule has 1 saturated carbocycles. The average Bonchev–Trinajstić information content (AvgIpc) is 3.09. The lowest BCUT2D eigenvalue weighted by Gasteiger charge is -2.17. The molecule has 2 rings (SSSR count). The zero-order valence-electron chi connectivity index (χ0n) is 13.7. The van der Waals surface area contributed by atoms with Crippen molar-refractivity contribution < 1.29 is 4.79 Å². The lowest BCUT2D eigenvalue weighted by molar-refractivity contribution is -0.121. The van der Waals surface area contributed by atoms with Gasteiger partial charge in [0, 0.05) is 43.2 Å². The third-order valence-corrected chi connectivity index (χ3v) is 3.63. The van der Waals surface area contributed by atoms with Gasteiger partial charge in [0.05, 0.1) is 5.69 Å². The van der Waals surface area contributed by atoms with Crippen LogP contribution in [0, 0.1) is 0 Å². The maximum absolute atomic E-state index is 11.6. The van der Waals surface area contributed by atoms with Crippen LogP contribution in [0.25, 0.3) is 0 Å². The Hall–Kier alpha value is -1.36. The summed E-state index contributed by atoms with van der Waals surface area (Å²) >= 11 is 0. The summed E-state index contributed by atoms with van der Waals surface area (Å²) in [6.45, 7) is 8.21. The van der Waals surface area contributed by atoms with E-state index in [1.54, 1.807) is 0 Å². The van der Waals surface area contributed by atoms with Gasteiger partial charge in [-0.1, -0.05) is 20.8 Å². The summed E-state index contributed by atoms with van der Waals surface area (Å²) in [6.07, 6.45) is 5.88. The van der Waals surface area contributed by atoms with E-state index in [2.05, 4.69) is 42.7 Å². The average molecular weight is 292 g/mol. The first-order chi connectivity index (χ1) is 9.86. The molecular weight excluding hydrogens is 264 g/mol. The molecule has 1 aromatic rings. The van der Waals surface area contributed by atoms with E-state index in [4.69, 9.17) is 0 Å². The van der Waals surface area contributed by atoms with E-state index in [1.165, 1.54) is 5.56 Å². The van der Waals surface area contributed by atoms with Gasteiger partial charge in [-0.25, -0.2) is 0 Å². The molecule has 1 fully saturated rings. The smallest absolute Gasteiger partial charge is 0.220 e. The van der Waals surface area contributed by atoms with Gasteiger partial charge in [0.1, 0.15) is 0 Å². The summed E-state index contributed by atoms with van der Waals surface area (Å²) in [5.41, 5.74) is 2.44. The van der Waals surface area contributed by atoms with Crippen LogP contribution in [0.15, 0.2) is 6.20 Å². The van der Waals surface area contributed by atoms with Crippen molar-refractivity contribution in [2.45, 2.75) is 64.5 Å². The van der Waals surface area contributed by atoms with Crippen LogP contribution in [0.4, 0.5) is 0 Å². The molecule has 1 aliphatic carbocycles. The zero-order valence-corrected chi connectivity index (χ0v) is 13.7. The van der Waals surface area contributed by atoms with Gasteiger partial charge in [-0.3, -0.25) is 9.48 Å². The second-order valence-corrected chi connectivity index (χ2v) is 7.05. The summed E-state index contributed by atoms with van der Waals surface area (Å²) in [5.74, 6) is 0.191. The van der Waals surface area contributed by atoms with Crippen molar-refractivity contribution in [3.8, 4) is 0 Å². The fourth-order valence-electron chi connectivity index (χ4n) is 2.42. The lowest BCUT2D eigenvalue weighted by atomic mass is 9.89. The molecule has 0 atom stereocenters. The second kappa shape index (κ2) is 6.60. The molecule has 5 nitrogen and oxygen atoms in total. The molecule has 1 aromatic heterocycles. The Bertz CT molecular complexity index is 483. The minimum Gasteiger partial charge on any atom is -0.353 e. The molecule has 0 aromatic carbocycles. The maximum atomic E-state index is 11.6. The third-order valence-electron chi connectivity index (χ3n) is 3.63. The number of carbonyl (C=O) groups is 1. The van der Waals surface area contributed by atoms with Gasteiger partial charge >= 0.3 is 0 Å². The van der Waals surface area contributed by atoms with Gasteiger partial charge in [-0.15, -0.1) is 0 Å².